The number of aryl methyl sites for hydroxylation is 1. The van der Waals surface area contributed by atoms with E-state index in [0.29, 0.717) is 23.1 Å². The van der Waals surface area contributed by atoms with Crippen molar-refractivity contribution in [2.75, 3.05) is 17.5 Å². The number of hydrogen-bond acceptors (Lipinski definition) is 5. The first-order valence-corrected chi connectivity index (χ1v) is 18.7. The minimum atomic E-state index is -4.23. The lowest BCUT2D eigenvalue weighted by Crippen LogP contribution is -2.55. The van der Waals surface area contributed by atoms with Crippen molar-refractivity contribution in [1.29, 1.82) is 0 Å². The molecule has 49 heavy (non-hydrogen) atoms. The van der Waals surface area contributed by atoms with Crippen LogP contribution in [0.3, 0.4) is 0 Å². The summed E-state index contributed by atoms with van der Waals surface area (Å²) in [4.78, 5) is 30.5. The van der Waals surface area contributed by atoms with E-state index in [1.54, 1.807) is 54.6 Å². The van der Waals surface area contributed by atoms with Crippen molar-refractivity contribution < 1.29 is 22.7 Å². The zero-order valence-electron chi connectivity index (χ0n) is 28.1. The van der Waals surface area contributed by atoms with Gasteiger partial charge in [0, 0.05) is 24.0 Å². The Bertz CT molecular complexity index is 1790. The van der Waals surface area contributed by atoms with E-state index in [9.17, 15) is 18.0 Å². The summed E-state index contributed by atoms with van der Waals surface area (Å²) in [5, 5.41) is 3.73. The molecule has 1 unspecified atom stereocenters. The molecule has 2 amide bonds. The summed E-state index contributed by atoms with van der Waals surface area (Å²) in [6.07, 6.45) is 5.22. The smallest absolute Gasteiger partial charge is 0.264 e. The molecule has 0 radical (unpaired) electrons. The Kier molecular flexibility index (Phi) is 12.4. The fraction of sp³-hybridized carbons (Fsp3) is 0.333. The highest BCUT2D eigenvalue weighted by Crippen LogP contribution is 2.27. The third-order valence-electron chi connectivity index (χ3n) is 8.79. The van der Waals surface area contributed by atoms with Crippen LogP contribution in [0.25, 0.3) is 0 Å². The molecule has 1 fully saturated rings. The molecule has 0 aliphatic heterocycles. The molecule has 0 spiro atoms. The molecule has 10 heteroatoms. The Morgan fingerprint density at radius 3 is 2.20 bits per heavy atom. The standard InChI is InChI=1S/C39H44ClN3O5S/c1-3-48-35-21-23-36(24-22-35)49(46,47)43(34-19-17-29(2)18-20-34)28-38(44)42(27-31-13-10-14-32(40)25-31)37(26-30-11-6-4-7-12-30)39(45)41-33-15-8-5-9-16-33/h4,6-7,10-14,17-25,33,37H,3,5,8-9,15-16,26-28H2,1-2H3,(H,41,45). The van der Waals surface area contributed by atoms with Crippen molar-refractivity contribution in [3.8, 4) is 5.75 Å². The normalized spacial score (nSPS) is 14.1. The lowest BCUT2D eigenvalue weighted by Gasteiger charge is -2.35. The number of hydrogen-bond donors (Lipinski definition) is 1. The van der Waals surface area contributed by atoms with Gasteiger partial charge in [0.1, 0.15) is 18.3 Å². The van der Waals surface area contributed by atoms with E-state index < -0.39 is 28.5 Å². The molecule has 258 valence electrons. The van der Waals surface area contributed by atoms with Gasteiger partial charge in [0.2, 0.25) is 11.8 Å². The molecule has 4 aromatic rings. The number of benzene rings is 4. The number of rotatable bonds is 14. The maximum Gasteiger partial charge on any atom is 0.264 e. The number of nitrogens with zero attached hydrogens (tertiary/aromatic N) is 2. The number of ether oxygens (including phenoxy) is 1. The first-order chi connectivity index (χ1) is 23.6. The molecule has 1 atom stereocenters. The van der Waals surface area contributed by atoms with E-state index in [2.05, 4.69) is 5.32 Å². The van der Waals surface area contributed by atoms with Crippen LogP contribution in [0.15, 0.2) is 108 Å². The van der Waals surface area contributed by atoms with Crippen LogP contribution in [-0.4, -0.2) is 50.4 Å². The molecule has 1 aliphatic carbocycles. The molecule has 0 saturated heterocycles. The number of nitrogens with one attached hydrogen (secondary N) is 1. The number of carbonyl (C=O) groups is 2. The highest BCUT2D eigenvalue weighted by molar-refractivity contribution is 7.92. The van der Waals surface area contributed by atoms with Gasteiger partial charge in [-0.3, -0.25) is 13.9 Å². The molecular weight excluding hydrogens is 658 g/mol. The van der Waals surface area contributed by atoms with Gasteiger partial charge in [0.25, 0.3) is 10.0 Å². The van der Waals surface area contributed by atoms with Crippen LogP contribution in [0.4, 0.5) is 5.69 Å². The van der Waals surface area contributed by atoms with Crippen molar-refractivity contribution in [2.24, 2.45) is 0 Å². The molecule has 0 aromatic heterocycles. The molecule has 1 aliphatic rings. The van der Waals surface area contributed by atoms with E-state index in [-0.39, 0.29) is 29.8 Å². The van der Waals surface area contributed by atoms with Crippen LogP contribution in [0.2, 0.25) is 5.02 Å². The average molecular weight is 702 g/mol. The topological polar surface area (TPSA) is 96.0 Å². The largest absolute Gasteiger partial charge is 0.494 e. The van der Waals surface area contributed by atoms with E-state index in [1.807, 2.05) is 50.2 Å². The van der Waals surface area contributed by atoms with Crippen LogP contribution in [0.5, 0.6) is 5.75 Å². The molecule has 5 rings (SSSR count). The van der Waals surface area contributed by atoms with Gasteiger partial charge in [-0.1, -0.05) is 91.0 Å². The van der Waals surface area contributed by atoms with Gasteiger partial charge >= 0.3 is 0 Å². The van der Waals surface area contributed by atoms with Gasteiger partial charge in [-0.05, 0) is 86.3 Å². The van der Waals surface area contributed by atoms with E-state index >= 15 is 0 Å². The van der Waals surface area contributed by atoms with Crippen molar-refractivity contribution in [1.82, 2.24) is 10.2 Å². The molecule has 4 aromatic carbocycles. The maximum atomic E-state index is 14.7. The van der Waals surface area contributed by atoms with Crippen LogP contribution >= 0.6 is 11.6 Å². The quantitative estimate of drug-likeness (QED) is 0.149. The van der Waals surface area contributed by atoms with Crippen molar-refractivity contribution in [3.05, 3.63) is 125 Å². The summed E-state index contributed by atoms with van der Waals surface area (Å²) in [6, 6.07) is 29.0. The van der Waals surface area contributed by atoms with Crippen LogP contribution in [-0.2, 0) is 32.6 Å². The molecule has 1 saturated carbocycles. The summed E-state index contributed by atoms with van der Waals surface area (Å²) in [6.45, 7) is 3.73. The fourth-order valence-corrected chi connectivity index (χ4v) is 7.80. The Morgan fingerprint density at radius 2 is 1.55 bits per heavy atom. The highest BCUT2D eigenvalue weighted by atomic mass is 35.5. The molecule has 8 nitrogen and oxygen atoms in total. The van der Waals surface area contributed by atoms with E-state index in [4.69, 9.17) is 16.3 Å². The van der Waals surface area contributed by atoms with Crippen LogP contribution < -0.4 is 14.4 Å². The number of halogens is 1. The van der Waals surface area contributed by atoms with Crippen molar-refractivity contribution in [3.63, 3.8) is 0 Å². The van der Waals surface area contributed by atoms with E-state index in [1.165, 1.54) is 17.0 Å². The minimum Gasteiger partial charge on any atom is -0.494 e. The second-order valence-electron chi connectivity index (χ2n) is 12.5. The second kappa shape index (κ2) is 16.9. The number of anilines is 1. The summed E-state index contributed by atoms with van der Waals surface area (Å²) >= 11 is 6.37. The Hall–Kier alpha value is -4.34. The number of sulfonamides is 1. The molecule has 0 heterocycles. The molecular formula is C39H44ClN3O5S. The first kappa shape index (κ1) is 36.0. The van der Waals surface area contributed by atoms with Gasteiger partial charge in [0.15, 0.2) is 0 Å². The van der Waals surface area contributed by atoms with Crippen LogP contribution in [0, 0.1) is 6.92 Å². The zero-order chi connectivity index (χ0) is 34.8. The van der Waals surface area contributed by atoms with Gasteiger partial charge in [0.05, 0.1) is 17.2 Å². The van der Waals surface area contributed by atoms with E-state index in [0.717, 1.165) is 53.1 Å². The fourth-order valence-electron chi connectivity index (χ4n) is 6.17. The summed E-state index contributed by atoms with van der Waals surface area (Å²) in [7, 11) is -4.23. The SMILES string of the molecule is CCOc1ccc(S(=O)(=O)N(CC(=O)N(Cc2cccc(Cl)c2)C(Cc2ccccc2)C(=O)NC2CCCCC2)c2ccc(C)cc2)cc1. The monoisotopic (exact) mass is 701 g/mol. The number of amides is 2. The summed E-state index contributed by atoms with van der Waals surface area (Å²) < 4.78 is 35.3. The average Bonchev–Trinajstić information content (AvgIpc) is 3.10. The van der Waals surface area contributed by atoms with Crippen molar-refractivity contribution >= 4 is 39.1 Å². The lowest BCUT2D eigenvalue weighted by atomic mass is 9.94. The zero-order valence-corrected chi connectivity index (χ0v) is 29.6. The Labute approximate surface area is 295 Å². The lowest BCUT2D eigenvalue weighted by molar-refractivity contribution is -0.140. The third-order valence-corrected chi connectivity index (χ3v) is 10.8. The van der Waals surface area contributed by atoms with Crippen molar-refractivity contribution in [2.45, 2.75) is 75.9 Å². The maximum absolute atomic E-state index is 14.7. The van der Waals surface area contributed by atoms with Gasteiger partial charge in [-0.2, -0.15) is 0 Å². The molecule has 1 N–H and O–H groups in total. The number of carbonyl (C=O) groups excluding carboxylic acids is 2. The second-order valence-corrected chi connectivity index (χ2v) is 14.8. The van der Waals surface area contributed by atoms with Gasteiger partial charge in [-0.15, -0.1) is 0 Å². The van der Waals surface area contributed by atoms with Gasteiger partial charge < -0.3 is 15.0 Å². The summed E-state index contributed by atoms with van der Waals surface area (Å²) in [5.41, 5.74) is 2.88. The Morgan fingerprint density at radius 1 is 0.878 bits per heavy atom. The predicted octanol–water partition coefficient (Wildman–Crippen LogP) is 7.33. The first-order valence-electron chi connectivity index (χ1n) is 16.8. The summed E-state index contributed by atoms with van der Waals surface area (Å²) in [5.74, 6) is -0.239. The molecule has 0 bridgehead atoms. The Balaban J connectivity index is 1.55. The third kappa shape index (κ3) is 9.64. The minimum absolute atomic E-state index is 0.0154. The van der Waals surface area contributed by atoms with Gasteiger partial charge in [-0.25, -0.2) is 8.42 Å². The predicted molar refractivity (Wildman–Crippen MR) is 194 cm³/mol. The highest BCUT2D eigenvalue weighted by Gasteiger charge is 2.35. The van der Waals surface area contributed by atoms with Crippen LogP contribution in [0.1, 0.15) is 55.7 Å².